The number of fused-ring (bicyclic) bond motifs is 1. The molecule has 0 saturated carbocycles. The van der Waals surface area contributed by atoms with E-state index in [1.807, 2.05) is 6.92 Å². The van der Waals surface area contributed by atoms with Crippen LogP contribution in [0.25, 0.3) is 0 Å². The quantitative estimate of drug-likeness (QED) is 0.333. The predicted molar refractivity (Wildman–Crippen MR) is 86.6 cm³/mol. The summed E-state index contributed by atoms with van der Waals surface area (Å²) in [6.45, 7) is 4.09. The molecule has 2 atom stereocenters. The van der Waals surface area contributed by atoms with Crippen molar-refractivity contribution in [2.75, 3.05) is 6.54 Å². The number of aromatic hydroxyl groups is 2. The maximum absolute atomic E-state index is 12.1. The topological polar surface area (TPSA) is 102 Å². The Labute approximate surface area is 137 Å². The van der Waals surface area contributed by atoms with Crippen molar-refractivity contribution in [2.24, 2.45) is 5.10 Å². The van der Waals surface area contributed by atoms with E-state index < -0.39 is 5.91 Å². The number of nitrogens with zero attached hydrogens (tertiary/aromatic N) is 2. The second kappa shape index (κ2) is 5.45. The van der Waals surface area contributed by atoms with E-state index in [2.05, 4.69) is 10.5 Å². The normalized spacial score (nSPS) is 26.3. The Bertz CT molecular complexity index is 721. The van der Waals surface area contributed by atoms with E-state index in [-0.39, 0.29) is 38.7 Å². The molecule has 8 heteroatoms. The van der Waals surface area contributed by atoms with Gasteiger partial charge in [0.1, 0.15) is 0 Å². The van der Waals surface area contributed by atoms with Gasteiger partial charge in [0.25, 0.3) is 5.91 Å². The lowest BCUT2D eigenvalue weighted by molar-refractivity contribution is -0.140. The number of hydrazone groups is 1. The molecule has 2 aliphatic rings. The van der Waals surface area contributed by atoms with Crippen LogP contribution in [0.5, 0.6) is 11.5 Å². The van der Waals surface area contributed by atoms with Crippen molar-refractivity contribution in [2.45, 2.75) is 30.4 Å². The van der Waals surface area contributed by atoms with Crippen molar-refractivity contribution in [3.05, 3.63) is 23.3 Å². The standard InChI is InChI=1S/C15H17N3O4S/c1-8-9(3-4-10(19)13(8)21)14(22)17-16-6-15(2)7-18-11(20)5-12(18)23-15/h3-4,6,12,19,21H,5,7H2,1-2H3,(H,17,22)/b16-6+/t12-,15+/m1/s1. The van der Waals surface area contributed by atoms with Crippen LogP contribution in [-0.4, -0.2) is 49.8 Å². The first-order valence-electron chi connectivity index (χ1n) is 7.14. The predicted octanol–water partition coefficient (Wildman–Crippen LogP) is 1.19. The molecule has 1 aromatic rings. The van der Waals surface area contributed by atoms with E-state index in [4.69, 9.17) is 0 Å². The van der Waals surface area contributed by atoms with Crippen LogP contribution in [0.3, 0.4) is 0 Å². The van der Waals surface area contributed by atoms with E-state index in [0.29, 0.717) is 13.0 Å². The molecule has 2 amide bonds. The number of nitrogens with one attached hydrogen (secondary N) is 1. The van der Waals surface area contributed by atoms with Gasteiger partial charge in [0, 0.05) is 23.9 Å². The molecule has 7 nitrogen and oxygen atoms in total. The molecule has 0 unspecified atom stereocenters. The number of β-lactam (4-membered cyclic amide) rings is 1. The van der Waals surface area contributed by atoms with Crippen molar-refractivity contribution in [1.82, 2.24) is 10.3 Å². The summed E-state index contributed by atoms with van der Waals surface area (Å²) in [6.07, 6.45) is 2.20. The Morgan fingerprint density at radius 3 is 2.91 bits per heavy atom. The second-order valence-electron chi connectivity index (χ2n) is 5.92. The molecule has 3 rings (SSSR count). The Hall–Kier alpha value is -2.22. The molecule has 2 saturated heterocycles. The maximum atomic E-state index is 12.1. The van der Waals surface area contributed by atoms with Crippen molar-refractivity contribution >= 4 is 29.8 Å². The fourth-order valence-corrected chi connectivity index (χ4v) is 4.19. The van der Waals surface area contributed by atoms with Gasteiger partial charge >= 0.3 is 0 Å². The SMILES string of the molecule is Cc1c(C(=O)N/N=C/[C@@]2(C)CN3C(=O)C[C@H]3S2)ccc(O)c1O. The lowest BCUT2D eigenvalue weighted by Crippen LogP contribution is -2.47. The van der Waals surface area contributed by atoms with Crippen LogP contribution in [-0.2, 0) is 4.79 Å². The van der Waals surface area contributed by atoms with E-state index in [9.17, 15) is 19.8 Å². The molecule has 0 aliphatic carbocycles. The van der Waals surface area contributed by atoms with Gasteiger partial charge in [-0.05, 0) is 26.0 Å². The summed E-state index contributed by atoms with van der Waals surface area (Å²) in [4.78, 5) is 25.3. The number of phenols is 2. The Balaban J connectivity index is 1.65. The third-order valence-electron chi connectivity index (χ3n) is 4.06. The minimum Gasteiger partial charge on any atom is -0.504 e. The molecule has 1 aromatic carbocycles. The van der Waals surface area contributed by atoms with Crippen LogP contribution >= 0.6 is 11.8 Å². The largest absolute Gasteiger partial charge is 0.504 e. The number of carbonyl (C=O) groups is 2. The van der Waals surface area contributed by atoms with Crippen LogP contribution < -0.4 is 5.43 Å². The van der Waals surface area contributed by atoms with Gasteiger partial charge < -0.3 is 15.1 Å². The first-order chi connectivity index (χ1) is 10.8. The average Bonchev–Trinajstić information content (AvgIpc) is 2.77. The number of rotatable bonds is 3. The van der Waals surface area contributed by atoms with Crippen LogP contribution in [0.1, 0.15) is 29.3 Å². The van der Waals surface area contributed by atoms with Crippen LogP contribution in [0.4, 0.5) is 0 Å². The average molecular weight is 335 g/mol. The highest BCUT2D eigenvalue weighted by molar-refractivity contribution is 8.02. The molecule has 0 spiro atoms. The Kier molecular flexibility index (Phi) is 3.71. The van der Waals surface area contributed by atoms with E-state index in [1.165, 1.54) is 12.1 Å². The molecule has 23 heavy (non-hydrogen) atoms. The number of amides is 2. The maximum Gasteiger partial charge on any atom is 0.271 e. The van der Waals surface area contributed by atoms with Gasteiger partial charge in [-0.1, -0.05) is 0 Å². The van der Waals surface area contributed by atoms with Gasteiger partial charge in [-0.25, -0.2) is 5.43 Å². The summed E-state index contributed by atoms with van der Waals surface area (Å²) in [6, 6.07) is 2.68. The molecule has 2 aliphatic heterocycles. The van der Waals surface area contributed by atoms with E-state index in [1.54, 1.807) is 29.8 Å². The van der Waals surface area contributed by atoms with Crippen LogP contribution in [0.15, 0.2) is 17.2 Å². The molecule has 2 heterocycles. The molecular weight excluding hydrogens is 318 g/mol. The third kappa shape index (κ3) is 2.74. The minimum atomic E-state index is -0.472. The van der Waals surface area contributed by atoms with Gasteiger partial charge in [-0.2, -0.15) is 5.10 Å². The highest BCUT2D eigenvalue weighted by Crippen LogP contribution is 2.45. The first kappa shape index (κ1) is 15.7. The molecule has 0 bridgehead atoms. The summed E-state index contributed by atoms with van der Waals surface area (Å²) < 4.78 is -0.323. The number of hydrogen-bond donors (Lipinski definition) is 3. The van der Waals surface area contributed by atoms with E-state index >= 15 is 0 Å². The van der Waals surface area contributed by atoms with Crippen LogP contribution in [0, 0.1) is 6.92 Å². The Morgan fingerprint density at radius 2 is 2.26 bits per heavy atom. The van der Waals surface area contributed by atoms with Crippen molar-refractivity contribution in [1.29, 1.82) is 0 Å². The summed E-state index contributed by atoms with van der Waals surface area (Å²) in [5, 5.41) is 23.2. The van der Waals surface area contributed by atoms with Crippen molar-refractivity contribution in [3.8, 4) is 11.5 Å². The number of carbonyl (C=O) groups excluding carboxylic acids is 2. The zero-order valence-corrected chi connectivity index (χ0v) is 13.6. The lowest BCUT2D eigenvalue weighted by Gasteiger charge is -2.32. The van der Waals surface area contributed by atoms with Gasteiger partial charge in [-0.15, -0.1) is 11.8 Å². The molecule has 2 fully saturated rings. The molecule has 3 N–H and O–H groups in total. The number of phenolic OH excluding ortho intramolecular Hbond substituents is 2. The van der Waals surface area contributed by atoms with E-state index in [0.717, 1.165) is 0 Å². The molecule has 122 valence electrons. The smallest absolute Gasteiger partial charge is 0.271 e. The number of benzene rings is 1. The van der Waals surface area contributed by atoms with Gasteiger partial charge in [0.2, 0.25) is 5.91 Å². The van der Waals surface area contributed by atoms with Gasteiger partial charge in [0.15, 0.2) is 11.5 Å². The summed E-state index contributed by atoms with van der Waals surface area (Å²) >= 11 is 1.65. The van der Waals surface area contributed by atoms with Gasteiger partial charge in [0.05, 0.1) is 16.5 Å². The van der Waals surface area contributed by atoms with Crippen molar-refractivity contribution < 1.29 is 19.8 Å². The molecule has 0 aromatic heterocycles. The molecule has 0 radical (unpaired) electrons. The fourth-order valence-electron chi connectivity index (χ4n) is 2.70. The zero-order chi connectivity index (χ0) is 16.8. The third-order valence-corrected chi connectivity index (χ3v) is 5.53. The highest BCUT2D eigenvalue weighted by Gasteiger charge is 2.49. The van der Waals surface area contributed by atoms with Crippen molar-refractivity contribution in [3.63, 3.8) is 0 Å². The summed E-state index contributed by atoms with van der Waals surface area (Å²) in [5.74, 6) is -0.909. The fraction of sp³-hybridized carbons (Fsp3) is 0.400. The highest BCUT2D eigenvalue weighted by atomic mass is 32.2. The number of thioether (sulfide) groups is 1. The summed E-state index contributed by atoms with van der Waals surface area (Å²) in [5.41, 5.74) is 2.94. The van der Waals surface area contributed by atoms with Crippen LogP contribution in [0.2, 0.25) is 0 Å². The molecular formula is C15H17N3O4S. The first-order valence-corrected chi connectivity index (χ1v) is 8.02. The number of hydrogen-bond acceptors (Lipinski definition) is 6. The minimum absolute atomic E-state index is 0.152. The lowest BCUT2D eigenvalue weighted by atomic mass is 10.1. The zero-order valence-electron chi connectivity index (χ0n) is 12.7. The second-order valence-corrected chi connectivity index (χ2v) is 7.63. The van der Waals surface area contributed by atoms with Gasteiger partial charge in [-0.3, -0.25) is 9.59 Å². The summed E-state index contributed by atoms with van der Waals surface area (Å²) in [7, 11) is 0. The Morgan fingerprint density at radius 1 is 1.52 bits per heavy atom. The monoisotopic (exact) mass is 335 g/mol.